The van der Waals surface area contributed by atoms with Crippen molar-refractivity contribution in [2.75, 3.05) is 19.6 Å². The second kappa shape index (κ2) is 30.8. The highest BCUT2D eigenvalue weighted by molar-refractivity contribution is 5.97. The van der Waals surface area contributed by atoms with Gasteiger partial charge in [0.2, 0.25) is 47.3 Å². The normalized spacial score (nSPS) is 13.8. The van der Waals surface area contributed by atoms with Crippen LogP contribution in [-0.2, 0) is 64.0 Å². The molecule has 25 nitrogen and oxygen atoms in total. The van der Waals surface area contributed by atoms with Crippen LogP contribution in [0.4, 0.5) is 0 Å². The number of primary amides is 1. The van der Waals surface area contributed by atoms with Gasteiger partial charge in [0.15, 0.2) is 5.96 Å². The second-order valence-electron chi connectivity index (χ2n) is 19.5. The molecule has 0 saturated carbocycles. The highest BCUT2D eigenvalue weighted by atomic mass is 16.3. The van der Waals surface area contributed by atoms with Crippen LogP contribution in [0.1, 0.15) is 68.3 Å². The van der Waals surface area contributed by atoms with Crippen LogP contribution in [0.2, 0.25) is 0 Å². The quantitative estimate of drug-likeness (QED) is 0.0133. The molecule has 0 aliphatic rings. The summed E-state index contributed by atoms with van der Waals surface area (Å²) in [5, 5.41) is 29.5. The van der Waals surface area contributed by atoms with Gasteiger partial charge >= 0.3 is 0 Å². The van der Waals surface area contributed by atoms with E-state index in [1.54, 1.807) is 62.5 Å². The molecule has 20 N–H and O–H groups in total. The van der Waals surface area contributed by atoms with Gasteiger partial charge in [0.1, 0.15) is 42.0 Å². The molecule has 0 fully saturated rings. The zero-order valence-electron chi connectivity index (χ0n) is 44.3. The molecule has 424 valence electrons. The number of amides is 8. The molecule has 2 heterocycles. The van der Waals surface area contributed by atoms with Crippen molar-refractivity contribution in [3.05, 3.63) is 120 Å². The van der Waals surface area contributed by atoms with Gasteiger partial charge in [0.05, 0.1) is 18.9 Å². The van der Waals surface area contributed by atoms with Crippen LogP contribution in [0.3, 0.4) is 0 Å². The molecule has 0 spiro atoms. The molecule has 3 aromatic carbocycles. The number of phenols is 1. The number of aromatic nitrogens is 3. The van der Waals surface area contributed by atoms with Gasteiger partial charge in [0.25, 0.3) is 0 Å². The van der Waals surface area contributed by atoms with Crippen LogP contribution >= 0.6 is 0 Å². The van der Waals surface area contributed by atoms with Gasteiger partial charge in [0, 0.05) is 61.2 Å². The number of fused-ring (bicyclic) bond motifs is 1. The van der Waals surface area contributed by atoms with E-state index in [2.05, 4.69) is 57.2 Å². The van der Waals surface area contributed by atoms with E-state index in [9.17, 15) is 43.5 Å². The summed E-state index contributed by atoms with van der Waals surface area (Å²) in [6, 6.07) is 13.6. The fourth-order valence-electron chi connectivity index (χ4n) is 8.58. The first-order valence-electron chi connectivity index (χ1n) is 26.0. The summed E-state index contributed by atoms with van der Waals surface area (Å²) < 4.78 is 0. The number of unbranched alkanes of at least 4 members (excludes halogenated alkanes) is 1. The Balaban J connectivity index is 1.36. The van der Waals surface area contributed by atoms with Gasteiger partial charge in [-0.1, -0.05) is 74.5 Å². The minimum absolute atomic E-state index is 0.00671. The van der Waals surface area contributed by atoms with Crippen molar-refractivity contribution in [1.29, 1.82) is 0 Å². The third-order valence-electron chi connectivity index (χ3n) is 12.9. The smallest absolute Gasteiger partial charge is 0.243 e. The molecular formula is C54H74N16O9. The van der Waals surface area contributed by atoms with Crippen molar-refractivity contribution in [3.63, 3.8) is 0 Å². The molecule has 5 rings (SSSR count). The van der Waals surface area contributed by atoms with Crippen LogP contribution in [0.15, 0.2) is 103 Å². The Morgan fingerprint density at radius 2 is 1.19 bits per heavy atom. The fraction of sp³-hybridized carbons (Fsp3) is 0.407. The molecule has 0 radical (unpaired) electrons. The Bertz CT molecular complexity index is 2840. The molecule has 7 atom stereocenters. The first-order chi connectivity index (χ1) is 37.8. The van der Waals surface area contributed by atoms with Gasteiger partial charge in [-0.3, -0.25) is 43.3 Å². The van der Waals surface area contributed by atoms with Gasteiger partial charge in [-0.2, -0.15) is 0 Å². The van der Waals surface area contributed by atoms with E-state index in [1.165, 1.54) is 24.7 Å². The Kier molecular flexibility index (Phi) is 23.8. The Hall–Kier alpha value is -8.84. The summed E-state index contributed by atoms with van der Waals surface area (Å²) >= 11 is 0. The largest absolute Gasteiger partial charge is 0.508 e. The highest BCUT2D eigenvalue weighted by Gasteiger charge is 2.33. The van der Waals surface area contributed by atoms with Crippen LogP contribution in [0.25, 0.3) is 10.9 Å². The Labute approximate surface area is 457 Å². The zero-order chi connectivity index (χ0) is 57.4. The number of hydrogen-bond donors (Lipinski definition) is 15. The number of benzene rings is 3. The Morgan fingerprint density at radius 1 is 0.620 bits per heavy atom. The SMILES string of the molecule is CC(C)[C@H](NC(=O)[C@H](Cc1ccccc1)NC(=O)[C@H](CCCN=C(N)N)NC(=O)CNC(=O)[C@H](Cc1c[nH]c2ccccc12)NC(=O)[C@H](CCCCN)NC(=O)[C@H](Cc1ccc(O)cc1)NC(=O)[C@@H](N)Cc1cnc[nH]1)C(N)=O. The molecule has 8 amide bonds. The monoisotopic (exact) mass is 1090 g/mol. The summed E-state index contributed by atoms with van der Waals surface area (Å²) in [6.07, 6.45) is 5.68. The van der Waals surface area contributed by atoms with E-state index in [0.29, 0.717) is 35.2 Å². The number of phenolic OH excluding ortho intramolecular Hbond substituents is 1. The van der Waals surface area contributed by atoms with E-state index in [1.807, 2.05) is 24.3 Å². The molecule has 25 heteroatoms. The third-order valence-corrected chi connectivity index (χ3v) is 12.9. The first-order valence-corrected chi connectivity index (χ1v) is 26.0. The molecule has 0 bridgehead atoms. The van der Waals surface area contributed by atoms with Gasteiger partial charge in [-0.15, -0.1) is 0 Å². The predicted octanol–water partition coefficient (Wildman–Crippen LogP) is -1.46. The fourth-order valence-corrected chi connectivity index (χ4v) is 8.58. The zero-order valence-corrected chi connectivity index (χ0v) is 44.3. The molecule has 0 saturated heterocycles. The van der Waals surface area contributed by atoms with Gasteiger partial charge < -0.3 is 81.0 Å². The summed E-state index contributed by atoms with van der Waals surface area (Å²) in [6.45, 7) is 3.08. The number of rotatable bonds is 32. The second-order valence-corrected chi connectivity index (χ2v) is 19.5. The standard InChI is InChI=1S/C54H74N16O9/c1-31(2)46(47(57)73)70-53(79)43(23-32-11-4-3-5-12-32)68-50(76)40(16-10-22-61-54(58)59)65-45(72)29-63-49(75)44(25-34-27-62-39-14-7-6-13-37(34)39)69-51(77)41(15-8-9-21-55)66-52(78)42(24-33-17-19-36(71)20-18-33)67-48(74)38(56)26-35-28-60-30-64-35/h3-7,11-14,17-20,27-28,30-31,38,40-44,46,62,71H,8-10,15-16,21-26,29,55-56H2,1-2H3,(H2,57,73)(H,60,64)(H,63,75)(H,65,72)(H,66,78)(H,67,74)(H,68,76)(H,69,77)(H,70,79)(H4,58,59,61)/t38-,40-,41-,42-,43-,44-,46-/m0/s1. The van der Waals surface area contributed by atoms with E-state index in [4.69, 9.17) is 28.7 Å². The number of carbonyl (C=O) groups is 8. The minimum Gasteiger partial charge on any atom is -0.508 e. The number of aromatic hydroxyl groups is 1. The number of aliphatic imine (C=N–C) groups is 1. The lowest BCUT2D eigenvalue weighted by molar-refractivity contribution is -0.134. The number of nitrogens with zero attached hydrogens (tertiary/aromatic N) is 2. The predicted molar refractivity (Wildman–Crippen MR) is 296 cm³/mol. The molecule has 79 heavy (non-hydrogen) atoms. The molecule has 2 aromatic heterocycles. The summed E-state index contributed by atoms with van der Waals surface area (Å²) in [5.41, 5.74) is 31.9. The van der Waals surface area contributed by atoms with Crippen LogP contribution in [0, 0.1) is 5.92 Å². The number of H-pyrrole nitrogens is 2. The van der Waals surface area contributed by atoms with E-state index < -0.39 is 96.1 Å². The minimum atomic E-state index is -1.35. The maximum absolute atomic E-state index is 14.5. The average molecular weight is 1090 g/mol. The number of imidazole rings is 1. The lowest BCUT2D eigenvalue weighted by atomic mass is 10.0. The highest BCUT2D eigenvalue weighted by Crippen LogP contribution is 2.20. The Morgan fingerprint density at radius 3 is 1.81 bits per heavy atom. The van der Waals surface area contributed by atoms with Crippen LogP contribution < -0.4 is 65.9 Å². The van der Waals surface area contributed by atoms with E-state index in [0.717, 1.165) is 10.9 Å². The van der Waals surface area contributed by atoms with Crippen molar-refractivity contribution in [2.24, 2.45) is 39.6 Å². The van der Waals surface area contributed by atoms with E-state index >= 15 is 0 Å². The summed E-state index contributed by atoms with van der Waals surface area (Å²) in [7, 11) is 0. The lowest BCUT2D eigenvalue weighted by Crippen LogP contribution is -2.59. The molecule has 0 aliphatic heterocycles. The van der Waals surface area contributed by atoms with Gasteiger partial charge in [-0.25, -0.2) is 4.98 Å². The van der Waals surface area contributed by atoms with Crippen molar-refractivity contribution in [3.8, 4) is 5.75 Å². The number of para-hydroxylation sites is 1. The van der Waals surface area contributed by atoms with Crippen LogP contribution in [0.5, 0.6) is 5.75 Å². The lowest BCUT2D eigenvalue weighted by Gasteiger charge is -2.26. The summed E-state index contributed by atoms with van der Waals surface area (Å²) in [5.74, 6) is -6.60. The average Bonchev–Trinajstić information content (AvgIpc) is 4.15. The van der Waals surface area contributed by atoms with Crippen molar-refractivity contribution < 1.29 is 43.5 Å². The number of guanidine groups is 1. The topological polar surface area (TPSA) is 428 Å². The molecule has 0 aliphatic carbocycles. The van der Waals surface area contributed by atoms with E-state index in [-0.39, 0.29) is 75.7 Å². The maximum Gasteiger partial charge on any atom is 0.243 e. The van der Waals surface area contributed by atoms with Crippen molar-refractivity contribution in [2.45, 2.75) is 114 Å². The van der Waals surface area contributed by atoms with Gasteiger partial charge in [-0.05, 0) is 79.5 Å². The van der Waals surface area contributed by atoms with Crippen molar-refractivity contribution >= 4 is 64.1 Å². The number of carbonyl (C=O) groups excluding carboxylic acids is 8. The number of nitrogens with one attached hydrogen (secondary N) is 9. The van der Waals surface area contributed by atoms with Crippen LogP contribution in [-0.4, -0.2) is 135 Å². The number of nitrogens with two attached hydrogens (primary N) is 5. The molecule has 0 unspecified atom stereocenters. The molecule has 5 aromatic rings. The first kappa shape index (κ1) is 61.0. The molecular weight excluding hydrogens is 1020 g/mol. The number of hydrogen-bond acceptors (Lipinski definition) is 13. The third kappa shape index (κ3) is 19.9. The maximum atomic E-state index is 14.5. The number of aromatic amines is 2. The van der Waals surface area contributed by atoms with Crippen molar-refractivity contribution in [1.82, 2.24) is 52.2 Å². The summed E-state index contributed by atoms with van der Waals surface area (Å²) in [4.78, 5) is 125.